The van der Waals surface area contributed by atoms with Crippen LogP contribution in [0.3, 0.4) is 0 Å². The summed E-state index contributed by atoms with van der Waals surface area (Å²) in [5.41, 5.74) is 2.99. The molecule has 4 saturated carbocycles. The van der Waals surface area contributed by atoms with Gasteiger partial charge in [-0.25, -0.2) is 10.5 Å². The zero-order valence-corrected chi connectivity index (χ0v) is 15.1. The molecular weight excluding hydrogens is 356 g/mol. The van der Waals surface area contributed by atoms with Crippen molar-refractivity contribution in [1.82, 2.24) is 15.4 Å². The van der Waals surface area contributed by atoms with E-state index in [1.165, 1.54) is 6.20 Å². The van der Waals surface area contributed by atoms with Crippen LogP contribution in [0.4, 0.5) is 5.69 Å². The number of hydrogen-bond acceptors (Lipinski definition) is 5. The van der Waals surface area contributed by atoms with Crippen molar-refractivity contribution in [1.29, 1.82) is 0 Å². The first kappa shape index (κ1) is 17.6. The van der Waals surface area contributed by atoms with Gasteiger partial charge in [0.05, 0.1) is 16.9 Å². The highest BCUT2D eigenvalue weighted by atomic mass is 35.5. The average molecular weight is 379 g/mol. The fourth-order valence-corrected chi connectivity index (χ4v) is 5.78. The zero-order chi connectivity index (χ0) is 17.2. The maximum atomic E-state index is 12.1. The lowest BCUT2D eigenvalue weighted by molar-refractivity contribution is -0.129. The van der Waals surface area contributed by atoms with Crippen LogP contribution in [-0.2, 0) is 0 Å². The maximum absolute atomic E-state index is 12.1. The van der Waals surface area contributed by atoms with Gasteiger partial charge in [-0.15, -0.1) is 12.4 Å². The summed E-state index contributed by atoms with van der Waals surface area (Å²) in [5.74, 6) is 0.901. The van der Waals surface area contributed by atoms with Gasteiger partial charge in [-0.3, -0.25) is 10.0 Å². The van der Waals surface area contributed by atoms with Crippen molar-refractivity contribution in [3.8, 4) is 0 Å². The summed E-state index contributed by atoms with van der Waals surface area (Å²) >= 11 is 0. The molecule has 7 nitrogen and oxygen atoms in total. The number of aliphatic hydroxyl groups is 1. The van der Waals surface area contributed by atoms with Crippen molar-refractivity contribution < 1.29 is 15.1 Å². The third kappa shape index (κ3) is 2.57. The molecule has 0 radical (unpaired) electrons. The Hall–Kier alpha value is -1.83. The molecule has 0 aliphatic heterocycles. The summed E-state index contributed by atoms with van der Waals surface area (Å²) in [7, 11) is 0. The first-order valence-electron chi connectivity index (χ1n) is 8.96. The van der Waals surface area contributed by atoms with E-state index in [1.54, 1.807) is 11.7 Å². The Morgan fingerprint density at radius 3 is 2.65 bits per heavy atom. The Morgan fingerprint density at radius 2 is 2.00 bits per heavy atom. The zero-order valence-electron chi connectivity index (χ0n) is 14.2. The number of aromatic nitrogens is 2. The van der Waals surface area contributed by atoms with Gasteiger partial charge in [0.25, 0.3) is 5.91 Å². The van der Waals surface area contributed by atoms with E-state index < -0.39 is 11.5 Å². The number of anilines is 1. The Balaban J connectivity index is 0.00000168. The molecule has 2 aromatic heterocycles. The minimum atomic E-state index is -0.569. The first-order valence-corrected chi connectivity index (χ1v) is 8.96. The van der Waals surface area contributed by atoms with E-state index in [2.05, 4.69) is 15.3 Å². The molecule has 2 unspecified atom stereocenters. The number of rotatable bonds is 3. The van der Waals surface area contributed by atoms with Crippen molar-refractivity contribution in [2.45, 2.75) is 43.7 Å². The van der Waals surface area contributed by atoms with E-state index in [9.17, 15) is 9.90 Å². The number of nitrogens with one attached hydrogen (secondary N) is 3. The van der Waals surface area contributed by atoms with E-state index in [0.717, 1.165) is 37.5 Å². The van der Waals surface area contributed by atoms with Gasteiger partial charge in [0.2, 0.25) is 0 Å². The van der Waals surface area contributed by atoms with Gasteiger partial charge in [0.15, 0.2) is 0 Å². The van der Waals surface area contributed by atoms with Gasteiger partial charge < -0.3 is 15.4 Å². The van der Waals surface area contributed by atoms with Crippen LogP contribution in [-0.4, -0.2) is 37.8 Å². The molecule has 2 aromatic rings. The summed E-state index contributed by atoms with van der Waals surface area (Å²) < 4.78 is 0. The van der Waals surface area contributed by atoms with Crippen molar-refractivity contribution in [2.75, 3.05) is 5.32 Å². The summed E-state index contributed by atoms with van der Waals surface area (Å²) in [5, 5.41) is 24.3. The van der Waals surface area contributed by atoms with Gasteiger partial charge in [0, 0.05) is 23.8 Å². The van der Waals surface area contributed by atoms with E-state index in [0.29, 0.717) is 34.7 Å². The largest absolute Gasteiger partial charge is 0.390 e. The van der Waals surface area contributed by atoms with E-state index in [4.69, 9.17) is 5.21 Å². The number of amides is 1. The lowest BCUT2D eigenvalue weighted by Crippen LogP contribution is -2.59. The van der Waals surface area contributed by atoms with Crippen LogP contribution >= 0.6 is 12.4 Å². The fraction of sp³-hybridized carbons (Fsp3) is 0.556. The average Bonchev–Trinajstić information content (AvgIpc) is 3.04. The lowest BCUT2D eigenvalue weighted by atomic mass is 9.52. The highest BCUT2D eigenvalue weighted by Gasteiger charge is 2.54. The van der Waals surface area contributed by atoms with Crippen molar-refractivity contribution in [2.24, 2.45) is 17.8 Å². The molecule has 0 aromatic carbocycles. The number of halogens is 1. The third-order valence-electron chi connectivity index (χ3n) is 6.48. The van der Waals surface area contributed by atoms with Crippen LogP contribution in [0.2, 0.25) is 0 Å². The minimum Gasteiger partial charge on any atom is -0.390 e. The van der Waals surface area contributed by atoms with Crippen LogP contribution in [0.15, 0.2) is 18.5 Å². The molecule has 6 rings (SSSR count). The maximum Gasteiger partial charge on any atom is 0.278 e. The Kier molecular flexibility index (Phi) is 4.13. The summed E-state index contributed by atoms with van der Waals surface area (Å²) in [6.45, 7) is 0. The molecule has 5 N–H and O–H groups in total. The number of aromatic amines is 1. The lowest BCUT2D eigenvalue weighted by Gasteiger charge is -2.58. The normalized spacial score (nSPS) is 34.5. The standard InChI is InChI=1S/C18H22N4O3.ClH/c23-17(22-25)13-8-20-16-12(1-2-19-16)15(13)21-14-10-3-9-4-11(14)7-18(24,5-9)6-10;/h1-2,8-11,14,24-25H,3-7H2,(H,22,23)(H2,19,20,21);1H/t9?,10?,11?,14-,18+;. The molecule has 0 spiro atoms. The molecule has 8 heteroatoms. The number of hydroxylamine groups is 1. The van der Waals surface area contributed by atoms with Crippen LogP contribution in [0.1, 0.15) is 42.5 Å². The second-order valence-electron chi connectivity index (χ2n) is 8.09. The number of hydrogen-bond donors (Lipinski definition) is 5. The molecule has 2 heterocycles. The third-order valence-corrected chi connectivity index (χ3v) is 6.48. The fourth-order valence-electron chi connectivity index (χ4n) is 5.78. The van der Waals surface area contributed by atoms with Crippen molar-refractivity contribution >= 4 is 35.0 Å². The summed E-state index contributed by atoms with van der Waals surface area (Å²) in [6.07, 6.45) is 8.17. The van der Waals surface area contributed by atoms with E-state index in [1.807, 2.05) is 6.07 Å². The summed E-state index contributed by atoms with van der Waals surface area (Å²) in [4.78, 5) is 19.4. The number of H-pyrrole nitrogens is 1. The van der Waals surface area contributed by atoms with Gasteiger partial charge in [-0.2, -0.15) is 0 Å². The second kappa shape index (κ2) is 6.11. The molecule has 26 heavy (non-hydrogen) atoms. The van der Waals surface area contributed by atoms with Crippen molar-refractivity contribution in [3.63, 3.8) is 0 Å². The number of nitrogens with zero attached hydrogens (tertiary/aromatic N) is 1. The first-order chi connectivity index (χ1) is 12.1. The Morgan fingerprint density at radius 1 is 1.27 bits per heavy atom. The molecule has 4 aliphatic rings. The highest BCUT2D eigenvalue weighted by molar-refractivity contribution is 6.06. The van der Waals surface area contributed by atoms with Gasteiger partial charge in [-0.05, 0) is 55.9 Å². The van der Waals surface area contributed by atoms with Gasteiger partial charge >= 0.3 is 0 Å². The topological polar surface area (TPSA) is 110 Å². The molecule has 4 aliphatic carbocycles. The van der Waals surface area contributed by atoms with Gasteiger partial charge in [0.1, 0.15) is 5.65 Å². The minimum absolute atomic E-state index is 0. The number of fused-ring (bicyclic) bond motifs is 1. The molecule has 0 saturated heterocycles. The SMILES string of the molecule is Cl.O=C(NO)c1cnc2[nH]ccc2c1N[C@H]1C2CC3CC1C[C@@](O)(C3)C2. The van der Waals surface area contributed by atoms with E-state index >= 15 is 0 Å². The molecule has 140 valence electrons. The molecular formula is C18H23ClN4O3. The monoisotopic (exact) mass is 378 g/mol. The number of pyridine rings is 1. The van der Waals surface area contributed by atoms with Crippen LogP contribution in [0, 0.1) is 17.8 Å². The van der Waals surface area contributed by atoms with Gasteiger partial charge in [-0.1, -0.05) is 0 Å². The molecule has 4 fully saturated rings. The van der Waals surface area contributed by atoms with Crippen LogP contribution in [0.5, 0.6) is 0 Å². The van der Waals surface area contributed by atoms with Crippen LogP contribution < -0.4 is 10.8 Å². The molecule has 2 atom stereocenters. The predicted octanol–water partition coefficient (Wildman–Crippen LogP) is 2.46. The van der Waals surface area contributed by atoms with E-state index in [-0.39, 0.29) is 18.4 Å². The Labute approximate surface area is 156 Å². The van der Waals surface area contributed by atoms with Crippen LogP contribution in [0.25, 0.3) is 11.0 Å². The smallest absolute Gasteiger partial charge is 0.278 e. The summed E-state index contributed by atoms with van der Waals surface area (Å²) in [6, 6.07) is 2.13. The Bertz CT molecular complexity index is 838. The molecule has 4 bridgehead atoms. The number of carbonyl (C=O) groups excluding carboxylic acids is 1. The second-order valence-corrected chi connectivity index (χ2v) is 8.09. The molecule has 1 amide bonds. The highest BCUT2D eigenvalue weighted by Crippen LogP contribution is 2.56. The predicted molar refractivity (Wildman–Crippen MR) is 98.5 cm³/mol. The number of carbonyl (C=O) groups is 1. The quantitative estimate of drug-likeness (QED) is 0.416. The van der Waals surface area contributed by atoms with Crippen molar-refractivity contribution in [3.05, 3.63) is 24.0 Å².